The predicted molar refractivity (Wildman–Crippen MR) is 64.5 cm³/mol. The summed E-state index contributed by atoms with van der Waals surface area (Å²) in [6, 6.07) is 4.33. The van der Waals surface area contributed by atoms with Crippen LogP contribution in [-0.2, 0) is 0 Å². The fraction of sp³-hybridized carbons (Fsp3) is 0.250. The minimum Gasteiger partial charge on any atom is -0.352 e. The zero-order valence-electron chi connectivity index (χ0n) is 8.59. The van der Waals surface area contributed by atoms with Crippen molar-refractivity contribution in [1.82, 2.24) is 5.32 Å². The second-order valence-electron chi connectivity index (χ2n) is 3.19. The smallest absolute Gasteiger partial charge is 0.254 e. The van der Waals surface area contributed by atoms with Gasteiger partial charge in [-0.1, -0.05) is 15.9 Å². The molecule has 1 N–H and O–H groups in total. The summed E-state index contributed by atoms with van der Waals surface area (Å²) in [6.07, 6.45) is 6.36. The number of carbonyl (C=O) groups excluding carboxylic acids is 1. The van der Waals surface area contributed by atoms with Gasteiger partial charge in [-0.15, -0.1) is 12.3 Å². The van der Waals surface area contributed by atoms with Gasteiger partial charge in [0.25, 0.3) is 5.91 Å². The molecular formula is C12H11BrFNO. The van der Waals surface area contributed by atoms with E-state index < -0.39 is 11.7 Å². The molecule has 0 saturated heterocycles. The minimum atomic E-state index is -0.538. The molecule has 1 rings (SSSR count). The van der Waals surface area contributed by atoms with Crippen LogP contribution in [0.3, 0.4) is 0 Å². The quantitative estimate of drug-likeness (QED) is 0.668. The average molecular weight is 284 g/mol. The van der Waals surface area contributed by atoms with E-state index in [1.54, 1.807) is 6.07 Å². The lowest BCUT2D eigenvalue weighted by atomic mass is 10.2. The largest absolute Gasteiger partial charge is 0.352 e. The van der Waals surface area contributed by atoms with Gasteiger partial charge < -0.3 is 5.32 Å². The van der Waals surface area contributed by atoms with Gasteiger partial charge in [-0.2, -0.15) is 0 Å². The number of hydrogen-bond acceptors (Lipinski definition) is 1. The van der Waals surface area contributed by atoms with E-state index in [0.717, 1.165) is 0 Å². The first-order valence-corrected chi connectivity index (χ1v) is 5.61. The molecule has 16 heavy (non-hydrogen) atoms. The lowest BCUT2D eigenvalue weighted by Crippen LogP contribution is -2.25. The summed E-state index contributed by atoms with van der Waals surface area (Å²) in [5, 5.41) is 2.60. The molecule has 0 spiro atoms. The molecule has 0 unspecified atom stereocenters. The maximum absolute atomic E-state index is 13.4. The summed E-state index contributed by atoms with van der Waals surface area (Å²) < 4.78 is 14.0. The Balaban J connectivity index is 2.57. The second-order valence-corrected chi connectivity index (χ2v) is 4.10. The molecule has 0 aliphatic heterocycles. The number of terminal acetylenes is 1. The van der Waals surface area contributed by atoms with E-state index in [4.69, 9.17) is 6.42 Å². The number of hydrogen-bond donors (Lipinski definition) is 1. The predicted octanol–water partition coefficient (Wildman–Crippen LogP) is 2.73. The van der Waals surface area contributed by atoms with Crippen LogP contribution in [0.5, 0.6) is 0 Å². The number of benzene rings is 1. The van der Waals surface area contributed by atoms with Gasteiger partial charge in [-0.05, 0) is 24.6 Å². The van der Waals surface area contributed by atoms with E-state index in [1.165, 1.54) is 12.1 Å². The molecule has 0 saturated carbocycles. The highest BCUT2D eigenvalue weighted by molar-refractivity contribution is 9.10. The third-order valence-electron chi connectivity index (χ3n) is 1.96. The van der Waals surface area contributed by atoms with Gasteiger partial charge in [-0.25, -0.2) is 4.39 Å². The standard InChI is InChI=1S/C12H11BrFNO/c1-2-3-4-7-15-12(16)10-6-5-9(13)8-11(10)14/h1,5-6,8H,3-4,7H2,(H,15,16). The van der Waals surface area contributed by atoms with Crippen molar-refractivity contribution < 1.29 is 9.18 Å². The Morgan fingerprint density at radius 2 is 2.31 bits per heavy atom. The molecule has 0 aromatic heterocycles. The molecule has 0 fully saturated rings. The van der Waals surface area contributed by atoms with Gasteiger partial charge in [0.1, 0.15) is 5.82 Å². The Kier molecular flexibility index (Phi) is 5.00. The van der Waals surface area contributed by atoms with Gasteiger partial charge in [0, 0.05) is 17.4 Å². The third-order valence-corrected chi connectivity index (χ3v) is 2.45. The van der Waals surface area contributed by atoms with Crippen LogP contribution in [0, 0.1) is 18.2 Å². The first-order valence-electron chi connectivity index (χ1n) is 4.82. The molecule has 4 heteroatoms. The Bertz CT molecular complexity index is 426. The second kappa shape index (κ2) is 6.29. The van der Waals surface area contributed by atoms with Crippen LogP contribution < -0.4 is 5.32 Å². The molecule has 0 aliphatic rings. The molecule has 1 amide bonds. The van der Waals surface area contributed by atoms with Gasteiger partial charge in [0.15, 0.2) is 0 Å². The minimum absolute atomic E-state index is 0.0453. The molecule has 0 atom stereocenters. The first kappa shape index (κ1) is 12.7. The molecule has 2 nitrogen and oxygen atoms in total. The van der Waals surface area contributed by atoms with Gasteiger partial charge in [0.05, 0.1) is 5.56 Å². The topological polar surface area (TPSA) is 29.1 Å². The Morgan fingerprint density at radius 1 is 1.56 bits per heavy atom. The average Bonchev–Trinajstić information content (AvgIpc) is 2.24. The van der Waals surface area contributed by atoms with Gasteiger partial charge in [0.2, 0.25) is 0 Å². The number of amides is 1. The van der Waals surface area contributed by atoms with Crippen LogP contribution in [-0.4, -0.2) is 12.5 Å². The molecule has 0 aliphatic carbocycles. The van der Waals surface area contributed by atoms with Crippen molar-refractivity contribution in [3.8, 4) is 12.3 Å². The highest BCUT2D eigenvalue weighted by Crippen LogP contribution is 2.15. The third kappa shape index (κ3) is 3.67. The van der Waals surface area contributed by atoms with Crippen LogP contribution in [0.1, 0.15) is 23.2 Å². The van der Waals surface area contributed by atoms with E-state index >= 15 is 0 Å². The molecular weight excluding hydrogens is 273 g/mol. The maximum Gasteiger partial charge on any atom is 0.254 e. The first-order chi connectivity index (χ1) is 7.65. The number of carbonyl (C=O) groups is 1. The summed E-state index contributed by atoms with van der Waals surface area (Å²) >= 11 is 3.12. The fourth-order valence-electron chi connectivity index (χ4n) is 1.16. The Morgan fingerprint density at radius 3 is 2.94 bits per heavy atom. The van der Waals surface area contributed by atoms with Crippen molar-refractivity contribution in [3.05, 3.63) is 34.1 Å². The van der Waals surface area contributed by atoms with Crippen molar-refractivity contribution in [2.24, 2.45) is 0 Å². The van der Waals surface area contributed by atoms with Crippen LogP contribution >= 0.6 is 15.9 Å². The molecule has 84 valence electrons. The zero-order valence-corrected chi connectivity index (χ0v) is 10.2. The molecule has 0 bridgehead atoms. The maximum atomic E-state index is 13.4. The van der Waals surface area contributed by atoms with Crippen molar-refractivity contribution in [2.75, 3.05) is 6.54 Å². The number of nitrogens with one attached hydrogen (secondary N) is 1. The molecule has 1 aromatic rings. The highest BCUT2D eigenvalue weighted by atomic mass is 79.9. The summed E-state index contributed by atoms with van der Waals surface area (Å²) in [4.78, 5) is 11.5. The van der Waals surface area contributed by atoms with Crippen LogP contribution in [0.4, 0.5) is 4.39 Å². The number of unbranched alkanes of at least 4 members (excludes halogenated alkanes) is 1. The van der Waals surface area contributed by atoms with Gasteiger partial charge in [-0.3, -0.25) is 4.79 Å². The van der Waals surface area contributed by atoms with Crippen LogP contribution in [0.15, 0.2) is 22.7 Å². The summed E-state index contributed by atoms with van der Waals surface area (Å²) in [5.74, 6) is 1.52. The summed E-state index contributed by atoms with van der Waals surface area (Å²) in [5.41, 5.74) is 0.0453. The Hall–Kier alpha value is -1.34. The molecule has 0 heterocycles. The zero-order chi connectivity index (χ0) is 12.0. The monoisotopic (exact) mass is 283 g/mol. The SMILES string of the molecule is C#CCCCNC(=O)c1ccc(Br)cc1F. The van der Waals surface area contributed by atoms with Crippen molar-refractivity contribution >= 4 is 21.8 Å². The van der Waals surface area contributed by atoms with E-state index in [1.807, 2.05) is 0 Å². The van der Waals surface area contributed by atoms with Crippen LogP contribution in [0.25, 0.3) is 0 Å². The van der Waals surface area contributed by atoms with E-state index in [9.17, 15) is 9.18 Å². The summed E-state index contributed by atoms with van der Waals surface area (Å²) in [7, 11) is 0. The van der Waals surface area contributed by atoms with E-state index in [0.29, 0.717) is 23.9 Å². The van der Waals surface area contributed by atoms with E-state index in [2.05, 4.69) is 27.2 Å². The summed E-state index contributed by atoms with van der Waals surface area (Å²) in [6.45, 7) is 0.457. The van der Waals surface area contributed by atoms with Crippen LogP contribution in [0.2, 0.25) is 0 Å². The van der Waals surface area contributed by atoms with Gasteiger partial charge >= 0.3 is 0 Å². The molecule has 0 radical (unpaired) electrons. The number of halogens is 2. The molecule has 1 aromatic carbocycles. The lowest BCUT2D eigenvalue weighted by Gasteiger charge is -2.05. The van der Waals surface area contributed by atoms with Crippen molar-refractivity contribution in [3.63, 3.8) is 0 Å². The number of rotatable bonds is 4. The lowest BCUT2D eigenvalue weighted by molar-refractivity contribution is 0.0949. The highest BCUT2D eigenvalue weighted by Gasteiger charge is 2.10. The van der Waals surface area contributed by atoms with E-state index in [-0.39, 0.29) is 5.56 Å². The normalized spacial score (nSPS) is 9.56. The Labute approximate surface area is 102 Å². The van der Waals surface area contributed by atoms with Crippen molar-refractivity contribution in [1.29, 1.82) is 0 Å². The fourth-order valence-corrected chi connectivity index (χ4v) is 1.49. The van der Waals surface area contributed by atoms with Crippen molar-refractivity contribution in [2.45, 2.75) is 12.8 Å².